The third kappa shape index (κ3) is 4.72. The van der Waals surface area contributed by atoms with Gasteiger partial charge in [-0.05, 0) is 19.1 Å². The highest BCUT2D eigenvalue weighted by molar-refractivity contribution is 6.38. The maximum absolute atomic E-state index is 11.7. The zero-order chi connectivity index (χ0) is 15.9. The number of rotatable bonds is 5. The fourth-order valence-corrected chi connectivity index (χ4v) is 2.07. The molecule has 2 N–H and O–H groups in total. The number of halogens is 2. The van der Waals surface area contributed by atoms with E-state index in [2.05, 4.69) is 20.8 Å². The molecule has 1 aromatic heterocycles. The fraction of sp³-hybridized carbons (Fsp3) is 0.133. The van der Waals surface area contributed by atoms with Crippen molar-refractivity contribution in [3.63, 3.8) is 0 Å². The van der Waals surface area contributed by atoms with E-state index in [4.69, 9.17) is 23.2 Å². The molecule has 0 atom stereocenters. The fourth-order valence-electron chi connectivity index (χ4n) is 1.61. The summed E-state index contributed by atoms with van der Waals surface area (Å²) in [7, 11) is 0. The summed E-state index contributed by atoms with van der Waals surface area (Å²) in [4.78, 5) is 15.5. The predicted octanol–water partition coefficient (Wildman–Crippen LogP) is 3.26. The Bertz CT molecular complexity index is 666. The molecule has 22 heavy (non-hydrogen) atoms. The van der Waals surface area contributed by atoms with Crippen LogP contribution in [0.2, 0.25) is 10.0 Å². The van der Waals surface area contributed by atoms with Gasteiger partial charge in [0.15, 0.2) is 0 Å². The third-order valence-electron chi connectivity index (χ3n) is 2.78. The lowest BCUT2D eigenvalue weighted by atomic mass is 10.2. The van der Waals surface area contributed by atoms with E-state index < -0.39 is 0 Å². The molecule has 1 aromatic carbocycles. The molecule has 1 amide bonds. The number of hydrogen-bond donors (Lipinski definition) is 2. The zero-order valence-electron chi connectivity index (χ0n) is 11.8. The summed E-state index contributed by atoms with van der Waals surface area (Å²) in [6.07, 6.45) is 4.29. The van der Waals surface area contributed by atoms with E-state index in [9.17, 15) is 4.79 Å². The minimum Gasteiger partial charge on any atom is -0.376 e. The number of aromatic nitrogens is 1. The average molecular weight is 337 g/mol. The highest BCUT2D eigenvalue weighted by Gasteiger charge is 2.04. The van der Waals surface area contributed by atoms with Crippen LogP contribution in [0.5, 0.6) is 0 Å². The van der Waals surface area contributed by atoms with Gasteiger partial charge < -0.3 is 5.32 Å². The standard InChI is InChI=1S/C15H14Cl2N4O/c1-10-2-4-11(5-3-10)19-9-15(22)21-20-6-12-13(16)7-18-8-14(12)17/h2-8,19H,9H2,1H3,(H,21,22)/b20-6+. The molecule has 2 rings (SSSR count). The minimum atomic E-state index is -0.280. The molecule has 5 nitrogen and oxygen atoms in total. The van der Waals surface area contributed by atoms with Crippen LogP contribution in [0.1, 0.15) is 11.1 Å². The van der Waals surface area contributed by atoms with Crippen LogP contribution in [-0.2, 0) is 4.79 Å². The number of hydrogen-bond acceptors (Lipinski definition) is 4. The molecule has 1 heterocycles. The van der Waals surface area contributed by atoms with Gasteiger partial charge in [0, 0.05) is 23.6 Å². The molecule has 0 unspecified atom stereocenters. The van der Waals surface area contributed by atoms with Crippen molar-refractivity contribution in [2.75, 3.05) is 11.9 Å². The van der Waals surface area contributed by atoms with E-state index in [-0.39, 0.29) is 12.5 Å². The van der Waals surface area contributed by atoms with Crippen LogP contribution in [0.3, 0.4) is 0 Å². The number of carbonyl (C=O) groups is 1. The Morgan fingerprint density at radius 1 is 1.23 bits per heavy atom. The predicted molar refractivity (Wildman–Crippen MR) is 89.7 cm³/mol. The second-order valence-corrected chi connectivity index (χ2v) is 5.34. The lowest BCUT2D eigenvalue weighted by molar-refractivity contribution is -0.119. The van der Waals surface area contributed by atoms with Gasteiger partial charge in [0.05, 0.1) is 22.8 Å². The minimum absolute atomic E-state index is 0.109. The Labute approximate surface area is 138 Å². The van der Waals surface area contributed by atoms with Gasteiger partial charge in [0.1, 0.15) is 0 Å². The summed E-state index contributed by atoms with van der Waals surface area (Å²) in [5, 5.41) is 7.55. The average Bonchev–Trinajstić information content (AvgIpc) is 2.50. The summed E-state index contributed by atoms with van der Waals surface area (Å²) < 4.78 is 0. The lowest BCUT2D eigenvalue weighted by Gasteiger charge is -2.05. The van der Waals surface area contributed by atoms with E-state index in [0.29, 0.717) is 15.6 Å². The molecular weight excluding hydrogens is 323 g/mol. The highest BCUT2D eigenvalue weighted by Crippen LogP contribution is 2.20. The zero-order valence-corrected chi connectivity index (χ0v) is 13.3. The van der Waals surface area contributed by atoms with E-state index in [1.807, 2.05) is 31.2 Å². The first-order chi connectivity index (χ1) is 10.6. The van der Waals surface area contributed by atoms with Crippen LogP contribution < -0.4 is 10.7 Å². The lowest BCUT2D eigenvalue weighted by Crippen LogP contribution is -2.25. The molecule has 0 aliphatic rings. The number of nitrogens with zero attached hydrogens (tertiary/aromatic N) is 2. The molecule has 0 spiro atoms. The number of benzene rings is 1. The monoisotopic (exact) mass is 336 g/mol. The molecule has 114 valence electrons. The quantitative estimate of drug-likeness (QED) is 0.650. The number of amides is 1. The van der Waals surface area contributed by atoms with Gasteiger partial charge in [0.2, 0.25) is 0 Å². The normalized spacial score (nSPS) is 10.7. The molecule has 0 fully saturated rings. The highest BCUT2D eigenvalue weighted by atomic mass is 35.5. The van der Waals surface area contributed by atoms with Crippen molar-refractivity contribution in [1.82, 2.24) is 10.4 Å². The molecule has 0 radical (unpaired) electrons. The first-order valence-electron chi connectivity index (χ1n) is 6.47. The SMILES string of the molecule is Cc1ccc(NCC(=O)N/N=C/c2c(Cl)cncc2Cl)cc1. The second-order valence-electron chi connectivity index (χ2n) is 4.53. The maximum atomic E-state index is 11.7. The van der Waals surface area contributed by atoms with Crippen molar-refractivity contribution in [3.8, 4) is 0 Å². The molecular formula is C15H14Cl2N4O. The summed E-state index contributed by atoms with van der Waals surface area (Å²) in [5.74, 6) is -0.280. The van der Waals surface area contributed by atoms with Gasteiger partial charge in [0.25, 0.3) is 5.91 Å². The van der Waals surface area contributed by atoms with E-state index in [1.54, 1.807) is 0 Å². The van der Waals surface area contributed by atoms with Crippen molar-refractivity contribution in [1.29, 1.82) is 0 Å². The van der Waals surface area contributed by atoms with Crippen LogP contribution in [-0.4, -0.2) is 23.7 Å². The summed E-state index contributed by atoms with van der Waals surface area (Å²) >= 11 is 11.9. The number of carbonyl (C=O) groups excluding carboxylic acids is 1. The number of pyridine rings is 1. The van der Waals surface area contributed by atoms with Gasteiger partial charge >= 0.3 is 0 Å². The van der Waals surface area contributed by atoms with Crippen LogP contribution in [0, 0.1) is 6.92 Å². The molecule has 0 saturated heterocycles. The van der Waals surface area contributed by atoms with Gasteiger partial charge in [-0.15, -0.1) is 0 Å². The number of nitrogens with one attached hydrogen (secondary N) is 2. The summed E-state index contributed by atoms with van der Waals surface area (Å²) in [5.41, 5.74) is 4.93. The Kier molecular flexibility index (Phi) is 5.75. The van der Waals surface area contributed by atoms with E-state index >= 15 is 0 Å². The second kappa shape index (κ2) is 7.77. The largest absolute Gasteiger partial charge is 0.376 e. The molecule has 0 aliphatic heterocycles. The Morgan fingerprint density at radius 2 is 1.86 bits per heavy atom. The van der Waals surface area contributed by atoms with Crippen LogP contribution >= 0.6 is 23.2 Å². The first kappa shape index (κ1) is 16.3. The third-order valence-corrected chi connectivity index (χ3v) is 3.38. The molecule has 7 heteroatoms. The van der Waals surface area contributed by atoms with Crippen molar-refractivity contribution in [3.05, 3.63) is 57.8 Å². The first-order valence-corrected chi connectivity index (χ1v) is 7.23. The Hall–Kier alpha value is -2.11. The smallest absolute Gasteiger partial charge is 0.259 e. The van der Waals surface area contributed by atoms with Crippen LogP contribution in [0.4, 0.5) is 5.69 Å². The van der Waals surface area contributed by atoms with Gasteiger partial charge in [-0.25, -0.2) is 5.43 Å². The summed E-state index contributed by atoms with van der Waals surface area (Å²) in [6, 6.07) is 7.74. The van der Waals surface area contributed by atoms with Crippen molar-refractivity contribution in [2.45, 2.75) is 6.92 Å². The van der Waals surface area contributed by atoms with Crippen LogP contribution in [0.25, 0.3) is 0 Å². The van der Waals surface area contributed by atoms with Crippen molar-refractivity contribution in [2.24, 2.45) is 5.10 Å². The molecule has 0 aliphatic carbocycles. The van der Waals surface area contributed by atoms with E-state index in [1.165, 1.54) is 18.6 Å². The molecule has 0 saturated carbocycles. The molecule has 0 bridgehead atoms. The topological polar surface area (TPSA) is 66.4 Å². The van der Waals surface area contributed by atoms with Gasteiger partial charge in [-0.3, -0.25) is 9.78 Å². The maximum Gasteiger partial charge on any atom is 0.259 e. The van der Waals surface area contributed by atoms with Gasteiger partial charge in [-0.2, -0.15) is 5.10 Å². The number of anilines is 1. The molecule has 2 aromatic rings. The van der Waals surface area contributed by atoms with Crippen molar-refractivity contribution < 1.29 is 4.79 Å². The van der Waals surface area contributed by atoms with Crippen molar-refractivity contribution >= 4 is 41.0 Å². The van der Waals surface area contributed by atoms with Gasteiger partial charge in [-0.1, -0.05) is 40.9 Å². The summed E-state index contributed by atoms with van der Waals surface area (Å²) in [6.45, 7) is 2.11. The number of hydrazone groups is 1. The Balaban J connectivity index is 1.85. The Morgan fingerprint density at radius 3 is 2.50 bits per heavy atom. The number of aryl methyl sites for hydroxylation is 1. The van der Waals surface area contributed by atoms with E-state index in [0.717, 1.165) is 11.3 Å². The van der Waals surface area contributed by atoms with Crippen LogP contribution in [0.15, 0.2) is 41.8 Å².